The van der Waals surface area contributed by atoms with Crippen LogP contribution in [0.15, 0.2) is 30.3 Å². The zero-order valence-corrected chi connectivity index (χ0v) is 15.0. The quantitative estimate of drug-likeness (QED) is 0.783. The fourth-order valence-corrected chi connectivity index (χ4v) is 3.01. The summed E-state index contributed by atoms with van der Waals surface area (Å²) >= 11 is 6.41. The van der Waals surface area contributed by atoms with Crippen LogP contribution in [0.4, 0.5) is 10.6 Å². The van der Waals surface area contributed by atoms with E-state index in [2.05, 4.69) is 9.88 Å². The first-order valence-electron chi connectivity index (χ1n) is 8.12. The summed E-state index contributed by atoms with van der Waals surface area (Å²) in [6, 6.07) is 9.86. The summed E-state index contributed by atoms with van der Waals surface area (Å²) in [7, 11) is 0. The number of halogens is 1. The average Bonchev–Trinajstić information content (AvgIpc) is 2.53. The third-order valence-corrected chi connectivity index (χ3v) is 4.17. The number of anilines is 1. The molecule has 2 aromatic rings. The highest BCUT2D eigenvalue weighted by atomic mass is 35.5. The second-order valence-corrected chi connectivity index (χ2v) is 7.35. The largest absolute Gasteiger partial charge is 0.444 e. The Labute approximate surface area is 147 Å². The van der Waals surface area contributed by atoms with Crippen LogP contribution >= 0.6 is 11.6 Å². The maximum Gasteiger partial charge on any atom is 0.410 e. The molecule has 6 heteroatoms. The van der Waals surface area contributed by atoms with Crippen molar-refractivity contribution in [1.29, 1.82) is 0 Å². The van der Waals surface area contributed by atoms with Gasteiger partial charge in [-0.25, -0.2) is 9.78 Å². The minimum atomic E-state index is -0.475. The summed E-state index contributed by atoms with van der Waals surface area (Å²) in [6.07, 6.45) is -0.264. The topological polar surface area (TPSA) is 45.7 Å². The predicted molar refractivity (Wildman–Crippen MR) is 96.8 cm³/mol. The molecule has 1 saturated heterocycles. The van der Waals surface area contributed by atoms with Gasteiger partial charge in [-0.05, 0) is 32.9 Å². The number of rotatable bonds is 1. The molecule has 128 valence electrons. The van der Waals surface area contributed by atoms with Crippen LogP contribution in [0.3, 0.4) is 0 Å². The number of carbonyl (C=O) groups is 1. The van der Waals surface area contributed by atoms with Gasteiger partial charge in [-0.15, -0.1) is 0 Å². The maximum atomic E-state index is 12.1. The molecule has 2 heterocycles. The normalized spacial score (nSPS) is 15.7. The van der Waals surface area contributed by atoms with Gasteiger partial charge in [0.1, 0.15) is 11.4 Å². The molecule has 5 nitrogen and oxygen atoms in total. The number of piperazine rings is 1. The van der Waals surface area contributed by atoms with E-state index in [1.54, 1.807) is 4.90 Å². The fourth-order valence-electron chi connectivity index (χ4n) is 2.73. The molecular weight excluding hydrogens is 326 g/mol. The highest BCUT2D eigenvalue weighted by molar-refractivity contribution is 6.33. The Kier molecular flexibility index (Phi) is 4.54. The highest BCUT2D eigenvalue weighted by Crippen LogP contribution is 2.28. The zero-order valence-electron chi connectivity index (χ0n) is 14.3. The van der Waals surface area contributed by atoms with E-state index >= 15 is 0 Å². The van der Waals surface area contributed by atoms with Crippen molar-refractivity contribution in [3.63, 3.8) is 0 Å². The molecule has 0 aliphatic carbocycles. The first kappa shape index (κ1) is 16.8. The average molecular weight is 348 g/mol. The third kappa shape index (κ3) is 3.73. The minimum absolute atomic E-state index is 0.264. The molecule has 1 aliphatic heterocycles. The van der Waals surface area contributed by atoms with Gasteiger partial charge in [0.15, 0.2) is 0 Å². The van der Waals surface area contributed by atoms with E-state index in [-0.39, 0.29) is 6.09 Å². The van der Waals surface area contributed by atoms with Crippen LogP contribution in [-0.2, 0) is 4.74 Å². The first-order chi connectivity index (χ1) is 11.3. The Balaban J connectivity index is 1.71. The van der Waals surface area contributed by atoms with E-state index in [4.69, 9.17) is 16.3 Å². The number of fused-ring (bicyclic) bond motifs is 1. The first-order valence-corrected chi connectivity index (χ1v) is 8.49. The molecule has 3 rings (SSSR count). The fraction of sp³-hybridized carbons (Fsp3) is 0.444. The van der Waals surface area contributed by atoms with Crippen molar-refractivity contribution < 1.29 is 9.53 Å². The SMILES string of the molecule is CC(C)(C)OC(=O)N1CCN(c2nc3ccccc3cc2Cl)CC1. The van der Waals surface area contributed by atoms with Gasteiger partial charge >= 0.3 is 6.09 Å². The molecule has 1 aromatic carbocycles. The van der Waals surface area contributed by atoms with Gasteiger partial charge < -0.3 is 14.5 Å². The predicted octanol–water partition coefficient (Wildman–Crippen LogP) is 3.95. The van der Waals surface area contributed by atoms with E-state index in [9.17, 15) is 4.79 Å². The molecule has 0 N–H and O–H groups in total. The van der Waals surface area contributed by atoms with Crippen molar-refractivity contribution in [3.05, 3.63) is 35.4 Å². The van der Waals surface area contributed by atoms with Crippen LogP contribution in [0.2, 0.25) is 5.02 Å². The van der Waals surface area contributed by atoms with Crippen LogP contribution in [0, 0.1) is 0 Å². The molecule has 0 bridgehead atoms. The molecule has 1 aliphatic rings. The number of aromatic nitrogens is 1. The molecular formula is C18H22ClN3O2. The summed E-state index contributed by atoms with van der Waals surface area (Å²) in [6.45, 7) is 8.19. The van der Waals surface area contributed by atoms with Gasteiger partial charge in [0.2, 0.25) is 0 Å². The van der Waals surface area contributed by atoms with Gasteiger partial charge in [-0.1, -0.05) is 29.8 Å². The molecule has 1 aromatic heterocycles. The van der Waals surface area contributed by atoms with E-state index in [0.717, 1.165) is 16.7 Å². The number of ether oxygens (including phenoxy) is 1. The number of benzene rings is 1. The summed E-state index contributed by atoms with van der Waals surface area (Å²) in [5.74, 6) is 0.777. The molecule has 24 heavy (non-hydrogen) atoms. The number of pyridine rings is 1. The van der Waals surface area contributed by atoms with E-state index < -0.39 is 5.60 Å². The molecule has 0 unspecified atom stereocenters. The van der Waals surface area contributed by atoms with Crippen molar-refractivity contribution in [3.8, 4) is 0 Å². The molecule has 1 amide bonds. The molecule has 0 radical (unpaired) electrons. The molecule has 1 fully saturated rings. The smallest absolute Gasteiger partial charge is 0.410 e. The zero-order chi connectivity index (χ0) is 17.3. The molecule has 0 atom stereocenters. The number of carbonyl (C=O) groups excluding carboxylic acids is 1. The summed E-state index contributed by atoms with van der Waals surface area (Å²) in [5.41, 5.74) is 0.448. The Hall–Kier alpha value is -2.01. The van der Waals surface area contributed by atoms with Crippen LogP contribution in [0.1, 0.15) is 20.8 Å². The summed E-state index contributed by atoms with van der Waals surface area (Å²) < 4.78 is 5.43. The minimum Gasteiger partial charge on any atom is -0.444 e. The van der Waals surface area contributed by atoms with Crippen molar-refractivity contribution in [2.75, 3.05) is 31.1 Å². The monoisotopic (exact) mass is 347 g/mol. The Morgan fingerprint density at radius 3 is 2.50 bits per heavy atom. The summed E-state index contributed by atoms with van der Waals surface area (Å²) in [5, 5.41) is 1.66. The lowest BCUT2D eigenvalue weighted by atomic mass is 10.2. The van der Waals surface area contributed by atoms with Crippen molar-refractivity contribution in [2.45, 2.75) is 26.4 Å². The number of amides is 1. The van der Waals surface area contributed by atoms with E-state index in [1.807, 2.05) is 51.1 Å². The van der Waals surface area contributed by atoms with Gasteiger partial charge in [0, 0.05) is 31.6 Å². The number of para-hydroxylation sites is 1. The van der Waals surface area contributed by atoms with E-state index in [0.29, 0.717) is 31.2 Å². The molecule has 0 spiro atoms. The summed E-state index contributed by atoms with van der Waals surface area (Å²) in [4.78, 5) is 20.7. The second kappa shape index (κ2) is 6.48. The van der Waals surface area contributed by atoms with Gasteiger partial charge in [-0.3, -0.25) is 0 Å². The van der Waals surface area contributed by atoms with Crippen molar-refractivity contribution in [1.82, 2.24) is 9.88 Å². The lowest BCUT2D eigenvalue weighted by Gasteiger charge is -2.36. The van der Waals surface area contributed by atoms with Gasteiger partial charge in [-0.2, -0.15) is 0 Å². The second-order valence-electron chi connectivity index (χ2n) is 6.94. The molecule has 0 saturated carbocycles. The maximum absolute atomic E-state index is 12.1. The Bertz CT molecular complexity index is 750. The number of hydrogen-bond acceptors (Lipinski definition) is 4. The lowest BCUT2D eigenvalue weighted by molar-refractivity contribution is 0.0240. The van der Waals surface area contributed by atoms with Crippen LogP contribution < -0.4 is 4.90 Å². The third-order valence-electron chi connectivity index (χ3n) is 3.89. The van der Waals surface area contributed by atoms with Crippen LogP contribution in [0.5, 0.6) is 0 Å². The Morgan fingerprint density at radius 2 is 1.83 bits per heavy atom. The van der Waals surface area contributed by atoms with Gasteiger partial charge in [0.05, 0.1) is 10.5 Å². The standard InChI is InChI=1S/C18H22ClN3O2/c1-18(2,3)24-17(23)22-10-8-21(9-11-22)16-14(19)12-13-6-4-5-7-15(13)20-16/h4-7,12H,8-11H2,1-3H3. The van der Waals surface area contributed by atoms with E-state index in [1.165, 1.54) is 0 Å². The lowest BCUT2D eigenvalue weighted by Crippen LogP contribution is -2.50. The Morgan fingerprint density at radius 1 is 1.17 bits per heavy atom. The number of hydrogen-bond donors (Lipinski definition) is 0. The van der Waals surface area contributed by atoms with Gasteiger partial charge in [0.25, 0.3) is 0 Å². The number of nitrogens with zero attached hydrogens (tertiary/aromatic N) is 3. The highest BCUT2D eigenvalue weighted by Gasteiger charge is 2.27. The van der Waals surface area contributed by atoms with Crippen LogP contribution in [-0.4, -0.2) is 47.8 Å². The van der Waals surface area contributed by atoms with Crippen LogP contribution in [0.25, 0.3) is 10.9 Å². The van der Waals surface area contributed by atoms with Crippen molar-refractivity contribution in [2.24, 2.45) is 0 Å². The van der Waals surface area contributed by atoms with Crippen molar-refractivity contribution >= 4 is 34.4 Å².